The van der Waals surface area contributed by atoms with E-state index in [1.54, 1.807) is 11.8 Å². The molecule has 1 fully saturated rings. The van der Waals surface area contributed by atoms with Crippen molar-refractivity contribution in [2.45, 2.75) is 105 Å². The van der Waals surface area contributed by atoms with Crippen molar-refractivity contribution in [2.75, 3.05) is 0 Å². The molecule has 40 heavy (non-hydrogen) atoms. The van der Waals surface area contributed by atoms with E-state index in [2.05, 4.69) is 88.9 Å². The smallest absolute Gasteiger partial charge is 0.0441 e. The summed E-state index contributed by atoms with van der Waals surface area (Å²) in [4.78, 5) is 8.03. The maximum absolute atomic E-state index is 5.44. The SMILES string of the molecule is C=C1Sc2cc(S)ccc2[C@@](C)(C2(C3(C)c4ccc(S)cc4Sc4cc(S)ccc43)CCCCC2)[C@@H](C)C1(C)S. The molecular weight excluding hydrogens is 601 g/mol. The van der Waals surface area contributed by atoms with Gasteiger partial charge in [-0.05, 0) is 89.1 Å². The van der Waals surface area contributed by atoms with Crippen molar-refractivity contribution < 1.29 is 0 Å². The van der Waals surface area contributed by atoms with Crippen LogP contribution in [0.1, 0.15) is 76.5 Å². The lowest BCUT2D eigenvalue weighted by atomic mass is 9.39. The molecule has 2 heterocycles. The van der Waals surface area contributed by atoms with Gasteiger partial charge in [0, 0.05) is 44.9 Å². The molecule has 3 aromatic rings. The lowest BCUT2D eigenvalue weighted by Gasteiger charge is -2.65. The summed E-state index contributed by atoms with van der Waals surface area (Å²) in [5.74, 6) is 0.222. The predicted molar refractivity (Wildman–Crippen MR) is 186 cm³/mol. The largest absolute Gasteiger partial charge is 0.167 e. The van der Waals surface area contributed by atoms with Gasteiger partial charge in [-0.3, -0.25) is 0 Å². The molecule has 3 aromatic carbocycles. The van der Waals surface area contributed by atoms with Gasteiger partial charge in [-0.2, -0.15) is 12.6 Å². The zero-order valence-electron chi connectivity index (χ0n) is 23.6. The fraction of sp³-hybridized carbons (Fsp3) is 0.412. The Morgan fingerprint density at radius 2 is 1.15 bits per heavy atom. The third-order valence-electron chi connectivity index (χ3n) is 10.9. The third-order valence-corrected chi connectivity index (χ3v) is 14.9. The number of thiol groups is 4. The van der Waals surface area contributed by atoms with Crippen molar-refractivity contribution in [2.24, 2.45) is 11.3 Å². The maximum Gasteiger partial charge on any atom is 0.0441 e. The Kier molecular flexibility index (Phi) is 7.61. The summed E-state index contributed by atoms with van der Waals surface area (Å²) in [7, 11) is 0. The highest BCUT2D eigenvalue weighted by molar-refractivity contribution is 8.04. The van der Waals surface area contributed by atoms with Gasteiger partial charge in [0.15, 0.2) is 0 Å². The molecule has 210 valence electrons. The van der Waals surface area contributed by atoms with Crippen LogP contribution in [0.15, 0.2) is 95.5 Å². The lowest BCUT2D eigenvalue weighted by molar-refractivity contribution is -0.0310. The second-order valence-electron chi connectivity index (χ2n) is 12.5. The number of rotatable bonds is 2. The van der Waals surface area contributed by atoms with Gasteiger partial charge in [-0.15, -0.1) is 37.9 Å². The van der Waals surface area contributed by atoms with E-state index in [4.69, 9.17) is 50.5 Å². The van der Waals surface area contributed by atoms with Gasteiger partial charge in [0.2, 0.25) is 0 Å². The standard InChI is InChI=1S/C34H38S6/c1-20-31(3,25-12-9-22(35)17-28(25)39-21(2)33(20,5)38)34(15-7-6-8-16-34)32(4)26-13-10-23(36)18-29(26)40-30-19-24(37)11-14-27(30)32/h9-14,17-20,35-38H,2,6-8,15-16H2,1,3-5H3/t20-,31+,33?/m1/s1. The monoisotopic (exact) mass is 638 g/mol. The topological polar surface area (TPSA) is 0 Å². The van der Waals surface area contributed by atoms with E-state index in [0.717, 1.165) is 32.4 Å². The van der Waals surface area contributed by atoms with Gasteiger partial charge < -0.3 is 0 Å². The van der Waals surface area contributed by atoms with E-state index >= 15 is 0 Å². The molecule has 1 saturated carbocycles. The van der Waals surface area contributed by atoms with Crippen LogP contribution in [0.5, 0.6) is 0 Å². The lowest BCUT2D eigenvalue weighted by Crippen LogP contribution is -2.62. The van der Waals surface area contributed by atoms with Crippen LogP contribution in [0.2, 0.25) is 0 Å². The first-order chi connectivity index (χ1) is 18.9. The van der Waals surface area contributed by atoms with Crippen LogP contribution in [-0.2, 0) is 10.8 Å². The van der Waals surface area contributed by atoms with Gasteiger partial charge in [-0.1, -0.05) is 88.3 Å². The summed E-state index contributed by atoms with van der Waals surface area (Å²) >= 11 is 23.5. The molecule has 6 heteroatoms. The van der Waals surface area contributed by atoms with Gasteiger partial charge >= 0.3 is 0 Å². The van der Waals surface area contributed by atoms with Gasteiger partial charge in [0.25, 0.3) is 0 Å². The highest BCUT2D eigenvalue weighted by Crippen LogP contribution is 2.72. The number of thioether (sulfide) groups is 1. The zero-order valence-corrected chi connectivity index (χ0v) is 28.8. The first-order valence-corrected chi connectivity index (χ1v) is 17.6. The zero-order chi connectivity index (χ0) is 28.7. The first kappa shape index (κ1) is 29.6. The van der Waals surface area contributed by atoms with E-state index in [1.807, 2.05) is 11.8 Å². The third kappa shape index (κ3) is 4.09. The molecule has 0 spiro atoms. The van der Waals surface area contributed by atoms with Crippen LogP contribution in [0.4, 0.5) is 0 Å². The molecule has 0 N–H and O–H groups in total. The Balaban J connectivity index is 1.75. The minimum atomic E-state index is -0.366. The van der Waals surface area contributed by atoms with E-state index < -0.39 is 0 Å². The minimum absolute atomic E-state index is 0.0829. The van der Waals surface area contributed by atoms with Crippen LogP contribution < -0.4 is 0 Å². The molecule has 0 amide bonds. The maximum atomic E-state index is 5.44. The summed E-state index contributed by atoms with van der Waals surface area (Å²) in [6.07, 6.45) is 6.04. The van der Waals surface area contributed by atoms with Gasteiger partial charge in [-0.25, -0.2) is 0 Å². The quantitative estimate of drug-likeness (QED) is 0.206. The average Bonchev–Trinajstić information content (AvgIpc) is 2.96. The van der Waals surface area contributed by atoms with Crippen molar-refractivity contribution in [3.05, 3.63) is 82.8 Å². The number of hydrogen-bond donors (Lipinski definition) is 4. The van der Waals surface area contributed by atoms with Crippen molar-refractivity contribution >= 4 is 74.0 Å². The molecule has 0 nitrogen and oxygen atoms in total. The van der Waals surface area contributed by atoms with Crippen LogP contribution in [-0.4, -0.2) is 4.75 Å². The van der Waals surface area contributed by atoms with Gasteiger partial charge in [0.1, 0.15) is 0 Å². The fourth-order valence-electron chi connectivity index (χ4n) is 8.46. The summed E-state index contributed by atoms with van der Waals surface area (Å²) in [5.41, 5.74) is 3.73. The van der Waals surface area contributed by atoms with Crippen molar-refractivity contribution in [1.29, 1.82) is 0 Å². The Hall–Kier alpha value is -0.500. The highest BCUT2D eigenvalue weighted by Gasteiger charge is 2.66. The summed E-state index contributed by atoms with van der Waals surface area (Å²) in [5, 5.41) is 0. The van der Waals surface area contributed by atoms with Crippen LogP contribution >= 0.6 is 74.0 Å². The number of benzene rings is 3. The van der Waals surface area contributed by atoms with Crippen molar-refractivity contribution in [3.63, 3.8) is 0 Å². The van der Waals surface area contributed by atoms with Crippen molar-refractivity contribution in [3.8, 4) is 0 Å². The Labute approximate surface area is 271 Å². The molecule has 1 unspecified atom stereocenters. The summed E-state index contributed by atoms with van der Waals surface area (Å²) in [6.45, 7) is 14.5. The fourth-order valence-corrected chi connectivity index (χ4v) is 12.3. The van der Waals surface area contributed by atoms with Crippen LogP contribution in [0, 0.1) is 11.3 Å². The molecule has 6 rings (SSSR count). The second kappa shape index (κ2) is 10.3. The summed E-state index contributed by atoms with van der Waals surface area (Å²) < 4.78 is -0.366. The Morgan fingerprint density at radius 1 is 0.700 bits per heavy atom. The van der Waals surface area contributed by atoms with Crippen LogP contribution in [0.25, 0.3) is 0 Å². The molecule has 2 aliphatic heterocycles. The number of hydrogen-bond acceptors (Lipinski definition) is 6. The minimum Gasteiger partial charge on any atom is -0.167 e. The normalized spacial score (nSPS) is 28.7. The predicted octanol–water partition coefficient (Wildman–Crippen LogP) is 11.2. The number of fused-ring (bicyclic) bond motifs is 3. The van der Waals surface area contributed by atoms with E-state index in [9.17, 15) is 0 Å². The van der Waals surface area contributed by atoms with Gasteiger partial charge in [0.05, 0.1) is 0 Å². The second-order valence-corrected chi connectivity index (χ2v) is 17.2. The Bertz CT molecular complexity index is 1460. The van der Waals surface area contributed by atoms with E-state index in [-0.39, 0.29) is 26.9 Å². The molecule has 3 atom stereocenters. The molecule has 0 radical (unpaired) electrons. The molecule has 0 saturated heterocycles. The van der Waals surface area contributed by atoms with E-state index in [1.165, 1.54) is 50.6 Å². The van der Waals surface area contributed by atoms with E-state index in [0.29, 0.717) is 0 Å². The molecule has 3 aliphatic rings. The Morgan fingerprint density at radius 3 is 1.65 bits per heavy atom. The molecule has 0 bridgehead atoms. The highest BCUT2D eigenvalue weighted by atomic mass is 32.2. The summed E-state index contributed by atoms with van der Waals surface area (Å²) in [6, 6.07) is 20.5. The molecule has 1 aliphatic carbocycles. The van der Waals surface area contributed by atoms with Crippen LogP contribution in [0.3, 0.4) is 0 Å². The average molecular weight is 639 g/mol. The first-order valence-electron chi connectivity index (χ1n) is 14.1. The molecular formula is C34H38S6. The molecule has 0 aromatic heterocycles. The van der Waals surface area contributed by atoms with Crippen molar-refractivity contribution in [1.82, 2.24) is 0 Å².